The molecule has 80 valence electrons. The number of hydrogen-bond donors (Lipinski definition) is 1. The molecule has 2 aliphatic rings. The van der Waals surface area contributed by atoms with Gasteiger partial charge in [0.1, 0.15) is 0 Å². The van der Waals surface area contributed by atoms with Crippen LogP contribution in [-0.4, -0.2) is 30.6 Å². The van der Waals surface area contributed by atoms with Crippen molar-refractivity contribution in [2.75, 3.05) is 25.0 Å². The second kappa shape index (κ2) is 3.53. The summed E-state index contributed by atoms with van der Waals surface area (Å²) in [6.07, 6.45) is 2.61. The maximum atomic E-state index is 3.56. The van der Waals surface area contributed by atoms with Crippen molar-refractivity contribution in [1.82, 2.24) is 4.90 Å². The number of nitrogens with one attached hydrogen (secondary N) is 1. The fourth-order valence-corrected chi connectivity index (χ4v) is 2.55. The van der Waals surface area contributed by atoms with Crippen LogP contribution >= 0.6 is 0 Å². The Morgan fingerprint density at radius 1 is 1.33 bits per heavy atom. The molecule has 0 bridgehead atoms. The zero-order chi connectivity index (χ0) is 10.3. The van der Waals surface area contributed by atoms with Gasteiger partial charge in [-0.05, 0) is 50.0 Å². The van der Waals surface area contributed by atoms with Crippen molar-refractivity contribution in [3.8, 4) is 0 Å². The van der Waals surface area contributed by atoms with Crippen LogP contribution in [0.4, 0.5) is 5.69 Å². The zero-order valence-corrected chi connectivity index (χ0v) is 9.29. The van der Waals surface area contributed by atoms with Crippen molar-refractivity contribution in [1.29, 1.82) is 0 Å². The highest BCUT2D eigenvalue weighted by molar-refractivity contribution is 5.55. The van der Waals surface area contributed by atoms with E-state index in [2.05, 4.69) is 35.3 Å². The minimum atomic E-state index is 0.731. The van der Waals surface area contributed by atoms with Crippen molar-refractivity contribution in [3.63, 3.8) is 0 Å². The number of anilines is 1. The highest BCUT2D eigenvalue weighted by atomic mass is 15.2. The number of fused-ring (bicyclic) bond motifs is 1. The number of benzene rings is 1. The van der Waals surface area contributed by atoms with Gasteiger partial charge in [-0.15, -0.1) is 0 Å². The number of rotatable bonds is 1. The molecule has 0 radical (unpaired) electrons. The second-order valence-electron chi connectivity index (χ2n) is 4.79. The van der Waals surface area contributed by atoms with Gasteiger partial charge in [-0.1, -0.05) is 12.1 Å². The van der Waals surface area contributed by atoms with Crippen LogP contribution in [0.25, 0.3) is 0 Å². The molecule has 0 aromatic heterocycles. The molecule has 2 nitrogen and oxygen atoms in total. The Balaban J connectivity index is 1.80. The van der Waals surface area contributed by atoms with E-state index in [-0.39, 0.29) is 0 Å². The standard InChI is InChI=1S/C13H18N2/c1-10-3-4-11-8-12(15-5-2-6-15)9-14-13(11)7-10/h3-4,7,12,14H,2,5-6,8-9H2,1H3. The molecule has 15 heavy (non-hydrogen) atoms. The predicted molar refractivity (Wildman–Crippen MR) is 63.4 cm³/mol. The predicted octanol–water partition coefficient (Wildman–Crippen LogP) is 2.04. The van der Waals surface area contributed by atoms with E-state index in [1.54, 1.807) is 0 Å². The van der Waals surface area contributed by atoms with Gasteiger partial charge < -0.3 is 5.32 Å². The van der Waals surface area contributed by atoms with Crippen LogP contribution in [0, 0.1) is 6.92 Å². The Labute approximate surface area is 91.3 Å². The van der Waals surface area contributed by atoms with Gasteiger partial charge in [0.05, 0.1) is 0 Å². The van der Waals surface area contributed by atoms with Gasteiger partial charge in [-0.2, -0.15) is 0 Å². The molecule has 0 spiro atoms. The summed E-state index contributed by atoms with van der Waals surface area (Å²) in [5.74, 6) is 0. The maximum Gasteiger partial charge on any atom is 0.0376 e. The van der Waals surface area contributed by atoms with Crippen LogP contribution < -0.4 is 5.32 Å². The Morgan fingerprint density at radius 3 is 2.93 bits per heavy atom. The van der Waals surface area contributed by atoms with Gasteiger partial charge in [-0.3, -0.25) is 4.90 Å². The van der Waals surface area contributed by atoms with E-state index in [9.17, 15) is 0 Å². The lowest BCUT2D eigenvalue weighted by Crippen LogP contribution is -2.50. The van der Waals surface area contributed by atoms with E-state index in [1.807, 2.05) is 0 Å². The number of nitrogens with zero attached hydrogens (tertiary/aromatic N) is 1. The molecule has 1 saturated heterocycles. The molecule has 2 heteroatoms. The molecule has 0 aliphatic carbocycles. The lowest BCUT2D eigenvalue weighted by atomic mass is 9.95. The summed E-state index contributed by atoms with van der Waals surface area (Å²) in [5.41, 5.74) is 4.19. The highest BCUT2D eigenvalue weighted by Gasteiger charge is 2.27. The topological polar surface area (TPSA) is 15.3 Å². The molecule has 1 aromatic rings. The molecule has 1 fully saturated rings. The highest BCUT2D eigenvalue weighted by Crippen LogP contribution is 2.26. The van der Waals surface area contributed by atoms with Crippen LogP contribution in [-0.2, 0) is 6.42 Å². The third-order valence-corrected chi connectivity index (χ3v) is 3.66. The first kappa shape index (κ1) is 9.22. The van der Waals surface area contributed by atoms with Gasteiger partial charge in [0.2, 0.25) is 0 Å². The van der Waals surface area contributed by atoms with E-state index in [0.29, 0.717) is 0 Å². The molecule has 1 atom stereocenters. The average molecular weight is 202 g/mol. The van der Waals surface area contributed by atoms with Crippen LogP contribution in [0.2, 0.25) is 0 Å². The normalized spacial score (nSPS) is 25.3. The van der Waals surface area contributed by atoms with Gasteiger partial charge >= 0.3 is 0 Å². The second-order valence-corrected chi connectivity index (χ2v) is 4.79. The lowest BCUT2D eigenvalue weighted by molar-refractivity contribution is 0.122. The Bertz CT molecular complexity index is 369. The molecular formula is C13H18N2. The SMILES string of the molecule is Cc1ccc2c(c1)NCC(N1CCC1)C2. The number of aryl methyl sites for hydroxylation is 1. The molecular weight excluding hydrogens is 184 g/mol. The summed E-state index contributed by atoms with van der Waals surface area (Å²) in [5, 5.41) is 3.56. The van der Waals surface area contributed by atoms with Gasteiger partial charge in [-0.25, -0.2) is 0 Å². The van der Waals surface area contributed by atoms with Crippen LogP contribution in [0.15, 0.2) is 18.2 Å². The molecule has 2 aliphatic heterocycles. The van der Waals surface area contributed by atoms with Crippen molar-refractivity contribution < 1.29 is 0 Å². The van der Waals surface area contributed by atoms with Crippen LogP contribution in [0.5, 0.6) is 0 Å². The molecule has 2 heterocycles. The van der Waals surface area contributed by atoms with Crippen molar-refractivity contribution in [2.24, 2.45) is 0 Å². The van der Waals surface area contributed by atoms with E-state index >= 15 is 0 Å². The van der Waals surface area contributed by atoms with Gasteiger partial charge in [0, 0.05) is 18.3 Å². The van der Waals surface area contributed by atoms with Crippen molar-refractivity contribution in [2.45, 2.75) is 25.8 Å². The van der Waals surface area contributed by atoms with E-state index in [1.165, 1.54) is 42.7 Å². The minimum Gasteiger partial charge on any atom is -0.383 e. The summed E-state index contributed by atoms with van der Waals surface area (Å²) < 4.78 is 0. The maximum absolute atomic E-state index is 3.56. The lowest BCUT2D eigenvalue weighted by Gasteiger charge is -2.41. The molecule has 3 rings (SSSR count). The third-order valence-electron chi connectivity index (χ3n) is 3.66. The van der Waals surface area contributed by atoms with E-state index < -0.39 is 0 Å². The first-order valence-electron chi connectivity index (χ1n) is 5.90. The van der Waals surface area contributed by atoms with Gasteiger partial charge in [0.25, 0.3) is 0 Å². The number of likely N-dealkylation sites (tertiary alicyclic amines) is 1. The first-order chi connectivity index (χ1) is 7.33. The van der Waals surface area contributed by atoms with E-state index in [4.69, 9.17) is 0 Å². The molecule has 1 unspecified atom stereocenters. The van der Waals surface area contributed by atoms with Crippen molar-refractivity contribution in [3.05, 3.63) is 29.3 Å². The van der Waals surface area contributed by atoms with E-state index in [0.717, 1.165) is 12.6 Å². The first-order valence-corrected chi connectivity index (χ1v) is 5.90. The van der Waals surface area contributed by atoms with Crippen molar-refractivity contribution >= 4 is 5.69 Å². The quantitative estimate of drug-likeness (QED) is 0.749. The largest absolute Gasteiger partial charge is 0.383 e. The Hall–Kier alpha value is -1.02. The summed E-state index contributed by atoms with van der Waals surface area (Å²) in [6.45, 7) is 5.88. The van der Waals surface area contributed by atoms with Crippen LogP contribution in [0.1, 0.15) is 17.5 Å². The molecule has 1 aromatic carbocycles. The Morgan fingerprint density at radius 2 is 2.20 bits per heavy atom. The fraction of sp³-hybridized carbons (Fsp3) is 0.538. The summed E-state index contributed by atoms with van der Waals surface area (Å²) in [7, 11) is 0. The average Bonchev–Trinajstić information content (AvgIpc) is 2.15. The monoisotopic (exact) mass is 202 g/mol. The number of hydrogen-bond acceptors (Lipinski definition) is 2. The zero-order valence-electron chi connectivity index (χ0n) is 9.29. The Kier molecular flexibility index (Phi) is 2.17. The summed E-state index contributed by atoms with van der Waals surface area (Å²) in [4.78, 5) is 2.59. The summed E-state index contributed by atoms with van der Waals surface area (Å²) >= 11 is 0. The smallest absolute Gasteiger partial charge is 0.0376 e. The fourth-order valence-electron chi connectivity index (χ4n) is 2.55. The molecule has 0 amide bonds. The molecule has 1 N–H and O–H groups in total. The minimum absolute atomic E-state index is 0.731. The third kappa shape index (κ3) is 1.63. The van der Waals surface area contributed by atoms with Crippen LogP contribution in [0.3, 0.4) is 0 Å². The van der Waals surface area contributed by atoms with Gasteiger partial charge in [0.15, 0.2) is 0 Å². The summed E-state index contributed by atoms with van der Waals surface area (Å²) in [6, 6.07) is 7.50. The molecule has 0 saturated carbocycles.